The molecule has 104 valence electrons. The molecule has 2 rings (SSSR count). The highest BCUT2D eigenvalue weighted by molar-refractivity contribution is 5.90. The topological polar surface area (TPSA) is 104 Å². The lowest BCUT2D eigenvalue weighted by atomic mass is 10.2. The molecule has 0 aliphatic carbocycles. The van der Waals surface area contributed by atoms with E-state index in [4.69, 9.17) is 16.8 Å². The highest BCUT2D eigenvalue weighted by atomic mass is 17.1. The van der Waals surface area contributed by atoms with Gasteiger partial charge < -0.3 is 10.2 Å². The number of carboxylic acid groups (broad SMARTS) is 1. The fourth-order valence-corrected chi connectivity index (χ4v) is 1.23. The molecular formula is C14H12O6. The highest BCUT2D eigenvalue weighted by Gasteiger charge is 2.05. The molecule has 0 atom stereocenters. The van der Waals surface area contributed by atoms with Crippen LogP contribution in [0.25, 0.3) is 0 Å². The van der Waals surface area contributed by atoms with Gasteiger partial charge in [0.15, 0.2) is 0 Å². The van der Waals surface area contributed by atoms with Gasteiger partial charge in [0, 0.05) is 0 Å². The van der Waals surface area contributed by atoms with Crippen molar-refractivity contribution < 1.29 is 31.3 Å². The molecule has 20 heavy (non-hydrogen) atoms. The molecule has 2 aromatic rings. The van der Waals surface area contributed by atoms with Gasteiger partial charge in [-0.25, -0.2) is 9.59 Å². The van der Waals surface area contributed by atoms with Gasteiger partial charge in [0.2, 0.25) is 0 Å². The van der Waals surface area contributed by atoms with E-state index in [0.29, 0.717) is 5.56 Å². The van der Waals surface area contributed by atoms with Gasteiger partial charge >= 0.3 is 11.9 Å². The predicted molar refractivity (Wildman–Crippen MR) is 69.6 cm³/mol. The number of carbonyl (C=O) groups excluding carboxylic acids is 1. The third kappa shape index (κ3) is 4.43. The van der Waals surface area contributed by atoms with Crippen LogP contribution in [0.2, 0.25) is 0 Å². The number of hydrogen-bond donors (Lipinski definition) is 3. The summed E-state index contributed by atoms with van der Waals surface area (Å²) >= 11 is 0. The van der Waals surface area contributed by atoms with Crippen LogP contribution in [0.3, 0.4) is 0 Å². The van der Waals surface area contributed by atoms with Gasteiger partial charge in [-0.15, -0.1) is 0 Å². The van der Waals surface area contributed by atoms with Crippen LogP contribution in [-0.2, 0) is 4.89 Å². The minimum Gasteiger partial charge on any atom is -0.507 e. The van der Waals surface area contributed by atoms with Crippen LogP contribution in [0.1, 0.15) is 22.1 Å². The monoisotopic (exact) mass is 277 g/mol. The molecule has 0 bridgehead atoms. The van der Waals surface area contributed by atoms with Crippen LogP contribution < -0.4 is 0 Å². The smallest absolute Gasteiger partial charge is 0.372 e. The summed E-state index contributed by atoms with van der Waals surface area (Å²) in [6.07, 6.45) is 0. The molecule has 0 fully saturated rings. The number of para-hydroxylation sites is 1. The van der Waals surface area contributed by atoms with Crippen molar-refractivity contribution in [3.8, 4) is 5.75 Å². The van der Waals surface area contributed by atoms with Crippen molar-refractivity contribution in [2.45, 2.75) is 0 Å². The van der Waals surface area contributed by atoms with Crippen molar-refractivity contribution in [3.05, 3.63) is 65.7 Å². The van der Waals surface area contributed by atoms with Crippen molar-refractivity contribution >= 4 is 11.9 Å². The second-order valence-electron chi connectivity index (χ2n) is 3.48. The van der Waals surface area contributed by atoms with Gasteiger partial charge in [-0.2, -0.15) is 5.26 Å². The first kappa shape index (κ1) is 13.6. The Morgan fingerprint density at radius 3 is 2.15 bits per heavy atom. The Balaban J connectivity index is 0.000000211. The molecule has 0 spiro atoms. The standard InChI is InChI=1S/2C7H6O3/c8-7(10-9)6-4-2-1-3-5-6;8-6-4-2-1-3-5(6)7(9)10/h1-5,9H;1-4,8H,(H,9,10)/i;4D. The fraction of sp³-hybridized carbons (Fsp3) is 0. The molecule has 0 heterocycles. The number of aromatic carboxylic acids is 1. The van der Waals surface area contributed by atoms with Crippen molar-refractivity contribution in [1.29, 1.82) is 0 Å². The summed E-state index contributed by atoms with van der Waals surface area (Å²) in [4.78, 5) is 24.4. The molecule has 0 aliphatic heterocycles. The molecule has 0 unspecified atom stereocenters. The van der Waals surface area contributed by atoms with Crippen molar-refractivity contribution in [1.82, 2.24) is 0 Å². The summed E-state index contributed by atoms with van der Waals surface area (Å²) in [6, 6.07) is 12.1. The van der Waals surface area contributed by atoms with Crippen LogP contribution in [0.4, 0.5) is 0 Å². The predicted octanol–water partition coefficient (Wildman–Crippen LogP) is 2.41. The Bertz CT molecular complexity index is 627. The summed E-state index contributed by atoms with van der Waals surface area (Å²) in [5.74, 6) is -2.45. The maximum atomic E-state index is 10.5. The van der Waals surface area contributed by atoms with E-state index in [0.717, 1.165) is 0 Å². The lowest BCUT2D eigenvalue weighted by molar-refractivity contribution is -0.182. The van der Waals surface area contributed by atoms with Gasteiger partial charge in [-0.3, -0.25) is 4.89 Å². The Labute approximate surface area is 115 Å². The summed E-state index contributed by atoms with van der Waals surface area (Å²) in [6.45, 7) is 0. The molecule has 0 amide bonds. The molecular weight excluding hydrogens is 264 g/mol. The van der Waals surface area contributed by atoms with E-state index in [1.165, 1.54) is 18.2 Å². The SMILES string of the molecule is O=C(OO)c1ccccc1.[2H]c1cccc(C(=O)O)c1O. The minimum atomic E-state index is -1.23. The largest absolute Gasteiger partial charge is 0.507 e. The molecule has 3 N–H and O–H groups in total. The quantitative estimate of drug-likeness (QED) is 0.575. The third-order valence-corrected chi connectivity index (χ3v) is 2.16. The number of carboxylic acids is 1. The Kier molecular flexibility index (Phi) is 5.12. The van der Waals surface area contributed by atoms with Crippen LogP contribution in [-0.4, -0.2) is 27.4 Å². The van der Waals surface area contributed by atoms with E-state index in [2.05, 4.69) is 4.89 Å². The average molecular weight is 277 g/mol. The number of carbonyl (C=O) groups is 2. The molecule has 2 aromatic carbocycles. The van der Waals surface area contributed by atoms with E-state index < -0.39 is 17.7 Å². The molecule has 0 radical (unpaired) electrons. The van der Waals surface area contributed by atoms with Crippen molar-refractivity contribution in [2.24, 2.45) is 0 Å². The summed E-state index contributed by atoms with van der Waals surface area (Å²) in [5, 5.41) is 25.4. The second-order valence-corrected chi connectivity index (χ2v) is 3.48. The van der Waals surface area contributed by atoms with Crippen molar-refractivity contribution in [3.63, 3.8) is 0 Å². The van der Waals surface area contributed by atoms with Crippen LogP contribution in [0.5, 0.6) is 5.75 Å². The van der Waals surface area contributed by atoms with Gasteiger partial charge in [0.1, 0.15) is 11.3 Å². The van der Waals surface area contributed by atoms with Crippen molar-refractivity contribution in [2.75, 3.05) is 0 Å². The molecule has 6 nitrogen and oxygen atoms in total. The van der Waals surface area contributed by atoms with Crippen LogP contribution in [0.15, 0.2) is 54.6 Å². The zero-order chi connectivity index (χ0) is 15.8. The van der Waals surface area contributed by atoms with E-state index >= 15 is 0 Å². The van der Waals surface area contributed by atoms with E-state index in [1.807, 2.05) is 0 Å². The maximum absolute atomic E-state index is 10.5. The van der Waals surface area contributed by atoms with Gasteiger partial charge in [0.05, 0.1) is 6.93 Å². The molecule has 6 heteroatoms. The number of benzene rings is 2. The van der Waals surface area contributed by atoms with Crippen LogP contribution >= 0.6 is 0 Å². The average Bonchev–Trinajstić information content (AvgIpc) is 2.50. The number of phenols is 1. The first-order valence-corrected chi connectivity index (χ1v) is 5.40. The van der Waals surface area contributed by atoms with Gasteiger partial charge in [0.25, 0.3) is 0 Å². The van der Waals surface area contributed by atoms with E-state index in [1.54, 1.807) is 30.3 Å². The Morgan fingerprint density at radius 1 is 1.05 bits per heavy atom. The summed E-state index contributed by atoms with van der Waals surface area (Å²) in [7, 11) is 0. The maximum Gasteiger partial charge on any atom is 0.372 e. The first-order chi connectivity index (χ1) is 9.97. The summed E-state index contributed by atoms with van der Waals surface area (Å²) < 4.78 is 7.04. The molecule has 0 aromatic heterocycles. The van der Waals surface area contributed by atoms with Crippen LogP contribution in [0, 0.1) is 0 Å². The van der Waals surface area contributed by atoms with E-state index in [9.17, 15) is 9.59 Å². The highest BCUT2D eigenvalue weighted by Crippen LogP contribution is 2.14. The number of hydrogen-bond acceptors (Lipinski definition) is 5. The number of aromatic hydroxyl groups is 1. The second kappa shape index (κ2) is 7.55. The Hall–Kier alpha value is -2.86. The molecule has 0 saturated heterocycles. The fourth-order valence-electron chi connectivity index (χ4n) is 1.23. The zero-order valence-corrected chi connectivity index (χ0v) is 10.2. The Morgan fingerprint density at radius 2 is 1.65 bits per heavy atom. The molecule has 0 saturated carbocycles. The molecule has 0 aliphatic rings. The van der Waals surface area contributed by atoms with Gasteiger partial charge in [-0.05, 0) is 24.2 Å². The zero-order valence-electron chi connectivity index (χ0n) is 11.2. The minimum absolute atomic E-state index is 0.176. The van der Waals surface area contributed by atoms with E-state index in [-0.39, 0.29) is 11.6 Å². The third-order valence-electron chi connectivity index (χ3n) is 2.16. The number of rotatable bonds is 2. The first-order valence-electron chi connectivity index (χ1n) is 5.90. The summed E-state index contributed by atoms with van der Waals surface area (Å²) in [5.41, 5.74) is 0.0995. The lowest BCUT2D eigenvalue weighted by Gasteiger charge is -1.95. The van der Waals surface area contributed by atoms with Gasteiger partial charge in [-0.1, -0.05) is 30.3 Å². The lowest BCUT2D eigenvalue weighted by Crippen LogP contribution is -2.00. The normalized spacial score (nSPS) is 9.75.